The maximum atomic E-state index is 7.50. The molecular weight excluding hydrogens is 1020 g/mol. The van der Waals surface area contributed by atoms with Crippen molar-refractivity contribution in [2.45, 2.75) is 5.41 Å². The van der Waals surface area contributed by atoms with Crippen LogP contribution in [0.5, 0.6) is 0 Å². The minimum absolute atomic E-state index is 0.480. The van der Waals surface area contributed by atoms with Gasteiger partial charge in [0.2, 0.25) is 11.8 Å². The smallest absolute Gasteiger partial charge is 0.227 e. The molecule has 16 aromatic rings. The molecule has 8 heteroatoms. The van der Waals surface area contributed by atoms with Crippen molar-refractivity contribution in [3.05, 3.63) is 301 Å². The standard InChI is InChI=1S/C75H46N4O4/c1-7-25-47(26-8-1)73-76-67-61(78(51-33-15-5-16-34-51)59-41-23-39-55-53-37-19-21-43-63(53)80-69(55)59)45-57-65(71(67)82-73)66-58(75(57,49-29-11-3-12-30-49)50-31-13-4-14-32-50)46-62(68-72(66)83-74(77-68)48-27-9-2-10-28-48)79(52-35-17-6-18-36-52)60-42-24-40-56-54-38-20-22-44-64(54)81-70(56)60/h1-46H. The Hall–Kier alpha value is -11.2. The zero-order valence-electron chi connectivity index (χ0n) is 44.5. The largest absolute Gasteiger partial charge is 0.454 e. The number of para-hydroxylation sites is 6. The second-order valence-electron chi connectivity index (χ2n) is 21.1. The number of hydrogen-bond donors (Lipinski definition) is 0. The van der Waals surface area contributed by atoms with E-state index in [1.165, 1.54) is 0 Å². The van der Waals surface area contributed by atoms with E-state index < -0.39 is 5.41 Å². The van der Waals surface area contributed by atoms with Crippen LogP contribution in [0.3, 0.4) is 0 Å². The summed E-state index contributed by atoms with van der Waals surface area (Å²) in [7, 11) is 0. The molecule has 0 saturated heterocycles. The van der Waals surface area contributed by atoms with E-state index in [0.717, 1.165) is 123 Å². The topological polar surface area (TPSA) is 84.8 Å². The van der Waals surface area contributed by atoms with Crippen LogP contribution in [0.1, 0.15) is 22.3 Å². The number of benzene rings is 12. The lowest BCUT2D eigenvalue weighted by atomic mass is 9.67. The van der Waals surface area contributed by atoms with Gasteiger partial charge in [0.15, 0.2) is 22.3 Å². The molecular formula is C75H46N4O4. The van der Waals surface area contributed by atoms with Crippen molar-refractivity contribution in [1.82, 2.24) is 9.97 Å². The zero-order chi connectivity index (χ0) is 54.6. The van der Waals surface area contributed by atoms with E-state index in [2.05, 4.69) is 228 Å². The number of anilines is 6. The van der Waals surface area contributed by atoms with Crippen molar-refractivity contribution in [3.8, 4) is 34.0 Å². The summed E-state index contributed by atoms with van der Waals surface area (Å²) in [5.41, 5.74) is 17.1. The highest BCUT2D eigenvalue weighted by molar-refractivity contribution is 6.18. The Bertz CT molecular complexity index is 4820. The number of fused-ring (bicyclic) bond motifs is 13. The fraction of sp³-hybridized carbons (Fsp3) is 0.0133. The number of rotatable bonds is 10. The molecule has 4 aromatic heterocycles. The van der Waals surface area contributed by atoms with Gasteiger partial charge in [0.1, 0.15) is 22.2 Å². The van der Waals surface area contributed by atoms with E-state index in [4.69, 9.17) is 27.6 Å². The first kappa shape index (κ1) is 46.7. The molecule has 12 aromatic carbocycles. The SMILES string of the molecule is c1ccc(-c2nc3c(N(c4ccccc4)c4cccc5c4oc4ccccc45)cc4c(c3o2)-c2c(cc(N(c3ccccc3)c3cccc5c3oc3ccccc35)c3nc(-c5ccccc5)oc23)C4(c2ccccc2)c2ccccc2)cc1. The van der Waals surface area contributed by atoms with Crippen LogP contribution < -0.4 is 9.80 Å². The quantitative estimate of drug-likeness (QED) is 0.134. The van der Waals surface area contributed by atoms with Gasteiger partial charge in [-0.3, -0.25) is 0 Å². The summed E-state index contributed by atoms with van der Waals surface area (Å²) in [4.78, 5) is 15.8. The van der Waals surface area contributed by atoms with Crippen LogP contribution >= 0.6 is 0 Å². The monoisotopic (exact) mass is 1070 g/mol. The lowest BCUT2D eigenvalue weighted by molar-refractivity contribution is 0.616. The van der Waals surface area contributed by atoms with E-state index in [-0.39, 0.29) is 0 Å². The van der Waals surface area contributed by atoms with Crippen molar-refractivity contribution in [2.24, 2.45) is 0 Å². The summed E-state index contributed by atoms with van der Waals surface area (Å²) in [6.07, 6.45) is 0. The van der Waals surface area contributed by atoms with E-state index in [1.807, 2.05) is 60.7 Å². The van der Waals surface area contributed by atoms with Gasteiger partial charge in [-0.2, -0.15) is 0 Å². The fourth-order valence-corrected chi connectivity index (χ4v) is 13.1. The van der Waals surface area contributed by atoms with Crippen LogP contribution in [0.25, 0.3) is 100 Å². The van der Waals surface area contributed by atoms with Gasteiger partial charge in [0, 0.05) is 55.2 Å². The van der Waals surface area contributed by atoms with Crippen molar-refractivity contribution in [1.29, 1.82) is 0 Å². The van der Waals surface area contributed by atoms with Crippen LogP contribution in [-0.2, 0) is 5.41 Å². The van der Waals surface area contributed by atoms with Crippen LogP contribution in [-0.4, -0.2) is 9.97 Å². The second kappa shape index (κ2) is 18.4. The minimum atomic E-state index is -1.04. The summed E-state index contributed by atoms with van der Waals surface area (Å²) in [5, 5.41) is 4.09. The summed E-state index contributed by atoms with van der Waals surface area (Å²) < 4.78 is 28.9. The maximum absolute atomic E-state index is 7.50. The van der Waals surface area contributed by atoms with Gasteiger partial charge in [-0.1, -0.05) is 194 Å². The lowest BCUT2D eigenvalue weighted by Crippen LogP contribution is -2.29. The molecule has 83 heavy (non-hydrogen) atoms. The predicted octanol–water partition coefficient (Wildman–Crippen LogP) is 20.4. The van der Waals surface area contributed by atoms with Gasteiger partial charge in [0.05, 0.1) is 28.2 Å². The zero-order valence-corrected chi connectivity index (χ0v) is 44.5. The Morgan fingerprint density at radius 3 is 1.05 bits per heavy atom. The molecule has 0 fully saturated rings. The Morgan fingerprint density at radius 1 is 0.289 bits per heavy atom. The first-order valence-electron chi connectivity index (χ1n) is 27.9. The Labute approximate surface area is 476 Å². The normalized spacial score (nSPS) is 12.7. The average molecular weight is 1070 g/mol. The summed E-state index contributed by atoms with van der Waals surface area (Å²) in [6.45, 7) is 0. The molecule has 0 aliphatic heterocycles. The van der Waals surface area contributed by atoms with Crippen molar-refractivity contribution in [3.63, 3.8) is 0 Å². The highest BCUT2D eigenvalue weighted by Crippen LogP contribution is 2.64. The molecule has 1 aliphatic rings. The molecule has 390 valence electrons. The predicted molar refractivity (Wildman–Crippen MR) is 334 cm³/mol. The third-order valence-corrected chi connectivity index (χ3v) is 16.6. The van der Waals surface area contributed by atoms with Gasteiger partial charge >= 0.3 is 0 Å². The number of furan rings is 2. The number of hydrogen-bond acceptors (Lipinski definition) is 8. The van der Waals surface area contributed by atoms with Gasteiger partial charge in [-0.05, 0) is 107 Å². The van der Waals surface area contributed by atoms with Crippen LogP contribution in [0, 0.1) is 0 Å². The van der Waals surface area contributed by atoms with Gasteiger partial charge < -0.3 is 27.5 Å². The number of aromatic nitrogens is 2. The molecule has 0 bridgehead atoms. The molecule has 4 heterocycles. The average Bonchev–Trinajstić information content (AvgIpc) is 1.74. The van der Waals surface area contributed by atoms with E-state index in [1.54, 1.807) is 0 Å². The molecule has 0 atom stereocenters. The first-order chi connectivity index (χ1) is 41.2. The minimum Gasteiger partial charge on any atom is -0.454 e. The van der Waals surface area contributed by atoms with Gasteiger partial charge in [-0.25, -0.2) is 9.97 Å². The number of nitrogens with zero attached hydrogens (tertiary/aromatic N) is 4. The molecule has 0 spiro atoms. The second-order valence-corrected chi connectivity index (χ2v) is 21.1. The van der Waals surface area contributed by atoms with E-state index in [9.17, 15) is 0 Å². The summed E-state index contributed by atoms with van der Waals surface area (Å²) >= 11 is 0. The van der Waals surface area contributed by atoms with E-state index >= 15 is 0 Å². The molecule has 0 N–H and O–H groups in total. The fourth-order valence-electron chi connectivity index (χ4n) is 13.1. The molecule has 0 amide bonds. The Kier molecular flexibility index (Phi) is 10.4. The van der Waals surface area contributed by atoms with E-state index in [0.29, 0.717) is 34.0 Å². The first-order valence-corrected chi connectivity index (χ1v) is 27.9. The molecule has 0 saturated carbocycles. The maximum Gasteiger partial charge on any atom is 0.227 e. The third kappa shape index (κ3) is 7.00. The lowest BCUT2D eigenvalue weighted by Gasteiger charge is -2.35. The van der Waals surface area contributed by atoms with Crippen LogP contribution in [0.15, 0.2) is 297 Å². The van der Waals surface area contributed by atoms with Crippen molar-refractivity contribution >= 4 is 100 Å². The highest BCUT2D eigenvalue weighted by atomic mass is 16.4. The molecule has 8 nitrogen and oxygen atoms in total. The highest BCUT2D eigenvalue weighted by Gasteiger charge is 2.51. The summed E-state index contributed by atoms with van der Waals surface area (Å²) in [6, 6.07) is 97.0. The van der Waals surface area contributed by atoms with Crippen molar-refractivity contribution in [2.75, 3.05) is 9.80 Å². The van der Waals surface area contributed by atoms with Gasteiger partial charge in [0.25, 0.3) is 0 Å². The molecule has 0 unspecified atom stereocenters. The van der Waals surface area contributed by atoms with Crippen molar-refractivity contribution < 1.29 is 17.7 Å². The third-order valence-electron chi connectivity index (χ3n) is 16.6. The number of oxazole rings is 2. The molecule has 1 aliphatic carbocycles. The van der Waals surface area contributed by atoms with Gasteiger partial charge in [-0.15, -0.1) is 0 Å². The van der Waals surface area contributed by atoms with Crippen LogP contribution in [0.2, 0.25) is 0 Å². The molecule has 17 rings (SSSR count). The Balaban J connectivity index is 1.06. The van der Waals surface area contributed by atoms with Crippen LogP contribution in [0.4, 0.5) is 34.1 Å². The molecule has 0 radical (unpaired) electrons. The Morgan fingerprint density at radius 2 is 0.639 bits per heavy atom. The summed E-state index contributed by atoms with van der Waals surface area (Å²) in [5.74, 6) is 0.960.